The molecule has 0 bridgehead atoms. The lowest BCUT2D eigenvalue weighted by atomic mass is 9.96. The molecule has 4 rings (SSSR count). The quantitative estimate of drug-likeness (QED) is 0.619. The van der Waals surface area contributed by atoms with Crippen LogP contribution in [0.1, 0.15) is 37.0 Å². The minimum atomic E-state index is -0.194. The van der Waals surface area contributed by atoms with E-state index in [1.807, 2.05) is 31.4 Å². The van der Waals surface area contributed by atoms with Crippen LogP contribution in [0.4, 0.5) is 11.4 Å². The third-order valence-electron chi connectivity index (χ3n) is 4.98. The second kappa shape index (κ2) is 10.0. The molecule has 1 aliphatic rings. The van der Waals surface area contributed by atoms with Gasteiger partial charge in [-0.15, -0.1) is 11.3 Å². The zero-order valence-electron chi connectivity index (χ0n) is 16.7. The number of fused-ring (bicyclic) bond motifs is 1. The SMILES string of the molecule is CC.NCC1CCN(c2ccc(Cl)cc2NC(=O)c2csc3cncnc23)CC1. The largest absolute Gasteiger partial charge is 0.370 e. The molecule has 8 heteroatoms. The molecular weight excluding hydrogens is 406 g/mol. The smallest absolute Gasteiger partial charge is 0.258 e. The molecule has 154 valence electrons. The number of amides is 1. The van der Waals surface area contributed by atoms with Crippen molar-refractivity contribution < 1.29 is 4.79 Å². The van der Waals surface area contributed by atoms with Crippen molar-refractivity contribution in [1.29, 1.82) is 0 Å². The highest BCUT2D eigenvalue weighted by Gasteiger charge is 2.22. The Labute approximate surface area is 180 Å². The third-order valence-corrected chi connectivity index (χ3v) is 6.12. The first-order valence-electron chi connectivity index (χ1n) is 9.89. The molecule has 0 unspecified atom stereocenters. The van der Waals surface area contributed by atoms with Crippen LogP contribution in [0.5, 0.6) is 0 Å². The molecule has 0 radical (unpaired) electrons. The van der Waals surface area contributed by atoms with Gasteiger partial charge in [0, 0.05) is 29.7 Å². The summed E-state index contributed by atoms with van der Waals surface area (Å²) in [6.45, 7) is 6.56. The number of rotatable bonds is 4. The maximum atomic E-state index is 12.9. The molecule has 1 aromatic carbocycles. The molecule has 3 aromatic rings. The Morgan fingerprint density at radius 3 is 2.83 bits per heavy atom. The number of hydrogen-bond acceptors (Lipinski definition) is 6. The predicted molar refractivity (Wildman–Crippen MR) is 122 cm³/mol. The van der Waals surface area contributed by atoms with Gasteiger partial charge in [-0.25, -0.2) is 9.97 Å². The number of anilines is 2. The van der Waals surface area contributed by atoms with Gasteiger partial charge in [-0.1, -0.05) is 25.4 Å². The average Bonchev–Trinajstić information content (AvgIpc) is 3.20. The molecule has 3 N–H and O–H groups in total. The first kappa shape index (κ1) is 21.5. The van der Waals surface area contributed by atoms with E-state index < -0.39 is 0 Å². The highest BCUT2D eigenvalue weighted by molar-refractivity contribution is 7.17. The molecule has 0 spiro atoms. The summed E-state index contributed by atoms with van der Waals surface area (Å²) < 4.78 is 0.887. The summed E-state index contributed by atoms with van der Waals surface area (Å²) in [4.78, 5) is 23.4. The molecule has 3 heterocycles. The van der Waals surface area contributed by atoms with Crippen LogP contribution in [0.2, 0.25) is 5.02 Å². The minimum Gasteiger partial charge on any atom is -0.370 e. The van der Waals surface area contributed by atoms with Gasteiger partial charge in [0.25, 0.3) is 5.91 Å². The highest BCUT2D eigenvalue weighted by Crippen LogP contribution is 2.33. The Balaban J connectivity index is 0.00000117. The van der Waals surface area contributed by atoms with Gasteiger partial charge in [0.2, 0.25) is 0 Å². The zero-order valence-corrected chi connectivity index (χ0v) is 18.3. The van der Waals surface area contributed by atoms with Crippen molar-refractivity contribution in [2.24, 2.45) is 11.7 Å². The second-order valence-electron chi connectivity index (χ2n) is 6.67. The van der Waals surface area contributed by atoms with E-state index in [1.54, 1.807) is 12.3 Å². The number of hydrogen-bond donors (Lipinski definition) is 2. The van der Waals surface area contributed by atoms with E-state index in [0.29, 0.717) is 27.7 Å². The van der Waals surface area contributed by atoms with Crippen LogP contribution in [0.15, 0.2) is 36.1 Å². The van der Waals surface area contributed by atoms with E-state index in [2.05, 4.69) is 20.2 Å². The second-order valence-corrected chi connectivity index (χ2v) is 8.01. The van der Waals surface area contributed by atoms with Gasteiger partial charge in [-0.3, -0.25) is 4.79 Å². The van der Waals surface area contributed by atoms with Crippen LogP contribution >= 0.6 is 22.9 Å². The van der Waals surface area contributed by atoms with Crippen LogP contribution < -0.4 is 16.0 Å². The van der Waals surface area contributed by atoms with E-state index in [1.165, 1.54) is 17.7 Å². The molecule has 0 aliphatic carbocycles. The summed E-state index contributed by atoms with van der Waals surface area (Å²) >= 11 is 7.66. The van der Waals surface area contributed by atoms with Crippen LogP contribution in [0.25, 0.3) is 10.2 Å². The van der Waals surface area contributed by atoms with Crippen molar-refractivity contribution in [3.63, 3.8) is 0 Å². The molecule has 1 fully saturated rings. The van der Waals surface area contributed by atoms with E-state index in [-0.39, 0.29) is 5.91 Å². The van der Waals surface area contributed by atoms with Gasteiger partial charge in [-0.2, -0.15) is 0 Å². The third kappa shape index (κ3) is 4.86. The molecule has 2 aromatic heterocycles. The normalized spacial score (nSPS) is 14.4. The lowest BCUT2D eigenvalue weighted by molar-refractivity contribution is 0.102. The topological polar surface area (TPSA) is 84.1 Å². The molecule has 1 aliphatic heterocycles. The summed E-state index contributed by atoms with van der Waals surface area (Å²) in [6.07, 6.45) is 5.28. The van der Waals surface area contributed by atoms with E-state index in [4.69, 9.17) is 17.3 Å². The first-order chi connectivity index (χ1) is 14.2. The van der Waals surface area contributed by atoms with Crippen molar-refractivity contribution in [3.8, 4) is 0 Å². The number of piperidine rings is 1. The van der Waals surface area contributed by atoms with Crippen molar-refractivity contribution >= 4 is 50.4 Å². The molecular formula is C21H26ClN5OS. The molecule has 0 saturated carbocycles. The highest BCUT2D eigenvalue weighted by atomic mass is 35.5. The fraction of sp³-hybridized carbons (Fsp3) is 0.381. The number of carbonyl (C=O) groups excluding carboxylic acids is 1. The van der Waals surface area contributed by atoms with Gasteiger partial charge < -0.3 is 16.0 Å². The van der Waals surface area contributed by atoms with Gasteiger partial charge >= 0.3 is 0 Å². The van der Waals surface area contributed by atoms with Crippen molar-refractivity contribution in [2.75, 3.05) is 29.9 Å². The fourth-order valence-electron chi connectivity index (χ4n) is 3.43. The Hall–Kier alpha value is -2.22. The number of nitrogens with zero attached hydrogens (tertiary/aromatic N) is 3. The summed E-state index contributed by atoms with van der Waals surface area (Å²) in [5.74, 6) is 0.378. The molecule has 1 saturated heterocycles. The van der Waals surface area contributed by atoms with Crippen LogP contribution in [0.3, 0.4) is 0 Å². The van der Waals surface area contributed by atoms with Gasteiger partial charge in [0.05, 0.1) is 27.2 Å². The molecule has 6 nitrogen and oxygen atoms in total. The number of nitrogens with one attached hydrogen (secondary N) is 1. The minimum absolute atomic E-state index is 0.194. The summed E-state index contributed by atoms with van der Waals surface area (Å²) in [5, 5.41) is 5.42. The molecule has 0 atom stereocenters. The Morgan fingerprint density at radius 1 is 1.34 bits per heavy atom. The van der Waals surface area contributed by atoms with Crippen molar-refractivity contribution in [1.82, 2.24) is 9.97 Å². The number of aromatic nitrogens is 2. The van der Waals surface area contributed by atoms with Crippen LogP contribution in [-0.2, 0) is 0 Å². The van der Waals surface area contributed by atoms with Crippen molar-refractivity contribution in [3.05, 3.63) is 46.7 Å². The van der Waals surface area contributed by atoms with Crippen LogP contribution in [0, 0.1) is 5.92 Å². The maximum absolute atomic E-state index is 12.9. The van der Waals surface area contributed by atoms with Gasteiger partial charge in [-0.05, 0) is 43.5 Å². The summed E-state index contributed by atoms with van der Waals surface area (Å²) in [5.41, 5.74) is 8.71. The predicted octanol–water partition coefficient (Wildman–Crippen LogP) is 4.80. The summed E-state index contributed by atoms with van der Waals surface area (Å²) in [6, 6.07) is 5.62. The van der Waals surface area contributed by atoms with E-state index in [9.17, 15) is 4.79 Å². The number of carbonyl (C=O) groups is 1. The Bertz CT molecular complexity index is 969. The van der Waals surface area contributed by atoms with Crippen LogP contribution in [-0.4, -0.2) is 35.5 Å². The number of thiophene rings is 1. The van der Waals surface area contributed by atoms with Gasteiger partial charge in [0.1, 0.15) is 6.33 Å². The number of nitrogens with two attached hydrogens (primary N) is 1. The summed E-state index contributed by atoms with van der Waals surface area (Å²) in [7, 11) is 0. The lowest BCUT2D eigenvalue weighted by Crippen LogP contribution is -2.36. The van der Waals surface area contributed by atoms with E-state index in [0.717, 1.165) is 42.9 Å². The number of benzene rings is 1. The van der Waals surface area contributed by atoms with E-state index >= 15 is 0 Å². The number of halogens is 1. The Morgan fingerprint density at radius 2 is 2.10 bits per heavy atom. The van der Waals surface area contributed by atoms with Crippen molar-refractivity contribution in [2.45, 2.75) is 26.7 Å². The fourth-order valence-corrected chi connectivity index (χ4v) is 4.46. The lowest BCUT2D eigenvalue weighted by Gasteiger charge is -2.34. The standard InChI is InChI=1S/C19H20ClN5OS.C2H6/c20-13-1-2-16(25-5-3-12(8-21)4-6-25)15(7-13)24-19(26)14-10-27-17-9-22-11-23-18(14)17;1-2/h1-2,7,9-12H,3-6,8,21H2,(H,24,26);1-2H3. The molecule has 1 amide bonds. The molecule has 29 heavy (non-hydrogen) atoms. The average molecular weight is 432 g/mol. The first-order valence-corrected chi connectivity index (χ1v) is 11.1. The zero-order chi connectivity index (χ0) is 20.8. The monoisotopic (exact) mass is 431 g/mol. The van der Waals surface area contributed by atoms with Gasteiger partial charge in [0.15, 0.2) is 0 Å². The maximum Gasteiger partial charge on any atom is 0.258 e. The Kier molecular flexibility index (Phi) is 7.41.